The van der Waals surface area contributed by atoms with Gasteiger partial charge in [-0.2, -0.15) is 0 Å². The molecule has 1 unspecified atom stereocenters. The van der Waals surface area contributed by atoms with Crippen LogP contribution in [0.2, 0.25) is 0 Å². The number of hydrogen-bond donors (Lipinski definition) is 0. The highest BCUT2D eigenvalue weighted by Gasteiger charge is 2.16. The van der Waals surface area contributed by atoms with Crippen LogP contribution >= 0.6 is 0 Å². The summed E-state index contributed by atoms with van der Waals surface area (Å²) in [7, 11) is 3.14. The molecule has 0 aromatic carbocycles. The minimum atomic E-state index is -0.348. The van der Waals surface area contributed by atoms with Crippen molar-refractivity contribution in [2.75, 3.05) is 19.6 Å². The lowest BCUT2D eigenvalue weighted by atomic mass is 10.1. The monoisotopic (exact) mass is 307 g/mol. The van der Waals surface area contributed by atoms with Crippen LogP contribution in [0.1, 0.15) is 20.8 Å². The first-order valence-corrected chi connectivity index (χ1v) is 7.73. The summed E-state index contributed by atoms with van der Waals surface area (Å²) in [6.45, 7) is 10.2. The van der Waals surface area contributed by atoms with Gasteiger partial charge in [-0.05, 0) is 19.0 Å². The molecule has 0 saturated heterocycles. The fourth-order valence-corrected chi connectivity index (χ4v) is 2.85. The van der Waals surface area contributed by atoms with Crippen molar-refractivity contribution in [3.63, 3.8) is 0 Å². The molecule has 0 fully saturated rings. The molecule has 0 aliphatic heterocycles. The predicted molar refractivity (Wildman–Crippen MR) is 87.2 cm³/mol. The Bertz CT molecular complexity index is 767. The minimum Gasteiger partial charge on any atom is -0.324 e. The van der Waals surface area contributed by atoms with Crippen LogP contribution in [0.3, 0.4) is 0 Å². The highest BCUT2D eigenvalue weighted by atomic mass is 16.2. The molecular formula is C15H25N5O2. The lowest BCUT2D eigenvalue weighted by Gasteiger charge is -2.23. The molecule has 7 heteroatoms. The van der Waals surface area contributed by atoms with Gasteiger partial charge in [0.15, 0.2) is 11.2 Å². The maximum atomic E-state index is 12.4. The fraction of sp³-hybridized carbons (Fsp3) is 0.667. The topological polar surface area (TPSA) is 65.1 Å². The van der Waals surface area contributed by atoms with E-state index in [1.54, 1.807) is 13.4 Å². The molecule has 122 valence electrons. The van der Waals surface area contributed by atoms with Crippen LogP contribution in [0.25, 0.3) is 11.2 Å². The van der Waals surface area contributed by atoms with E-state index < -0.39 is 0 Å². The molecule has 0 N–H and O–H groups in total. The molecule has 2 heterocycles. The molecule has 7 nitrogen and oxygen atoms in total. The first-order valence-electron chi connectivity index (χ1n) is 7.73. The van der Waals surface area contributed by atoms with Gasteiger partial charge < -0.3 is 9.47 Å². The molecule has 2 rings (SSSR count). The number of fused-ring (bicyclic) bond motifs is 1. The minimum absolute atomic E-state index is 0.286. The second-order valence-electron chi connectivity index (χ2n) is 5.87. The molecule has 0 amide bonds. The molecular weight excluding hydrogens is 282 g/mol. The van der Waals surface area contributed by atoms with Crippen molar-refractivity contribution >= 4 is 11.2 Å². The van der Waals surface area contributed by atoms with Crippen LogP contribution in [-0.2, 0) is 20.6 Å². The van der Waals surface area contributed by atoms with Gasteiger partial charge in [0.25, 0.3) is 5.56 Å². The molecule has 1 atom stereocenters. The van der Waals surface area contributed by atoms with E-state index in [1.807, 2.05) is 4.57 Å². The van der Waals surface area contributed by atoms with Gasteiger partial charge in [-0.15, -0.1) is 0 Å². The quantitative estimate of drug-likeness (QED) is 0.775. The third kappa shape index (κ3) is 2.85. The van der Waals surface area contributed by atoms with Gasteiger partial charge in [0, 0.05) is 27.2 Å². The number of hydrogen-bond acceptors (Lipinski definition) is 4. The van der Waals surface area contributed by atoms with Gasteiger partial charge in [0.2, 0.25) is 0 Å². The van der Waals surface area contributed by atoms with Crippen molar-refractivity contribution in [1.82, 2.24) is 23.6 Å². The van der Waals surface area contributed by atoms with Gasteiger partial charge in [-0.1, -0.05) is 20.8 Å². The van der Waals surface area contributed by atoms with E-state index in [9.17, 15) is 9.59 Å². The number of imidazole rings is 1. The lowest BCUT2D eigenvalue weighted by Crippen LogP contribution is -2.38. The molecule has 0 saturated carbocycles. The highest BCUT2D eigenvalue weighted by molar-refractivity contribution is 5.69. The highest BCUT2D eigenvalue weighted by Crippen LogP contribution is 2.10. The van der Waals surface area contributed by atoms with Crippen molar-refractivity contribution in [3.8, 4) is 0 Å². The summed E-state index contributed by atoms with van der Waals surface area (Å²) in [6.07, 6.45) is 1.66. The van der Waals surface area contributed by atoms with E-state index in [2.05, 4.69) is 30.7 Å². The summed E-state index contributed by atoms with van der Waals surface area (Å²) in [5.41, 5.74) is 0.309. The van der Waals surface area contributed by atoms with Gasteiger partial charge in [0.05, 0.1) is 6.33 Å². The van der Waals surface area contributed by atoms with E-state index in [0.29, 0.717) is 23.6 Å². The Kier molecular flexibility index (Phi) is 4.85. The van der Waals surface area contributed by atoms with Crippen molar-refractivity contribution in [2.45, 2.75) is 27.3 Å². The van der Waals surface area contributed by atoms with Gasteiger partial charge in [-0.3, -0.25) is 13.9 Å². The molecule has 2 aromatic heterocycles. The molecule has 0 radical (unpaired) electrons. The zero-order valence-electron chi connectivity index (χ0n) is 14.0. The molecule has 0 bridgehead atoms. The second-order valence-corrected chi connectivity index (χ2v) is 5.87. The Morgan fingerprint density at radius 3 is 2.41 bits per heavy atom. The van der Waals surface area contributed by atoms with Gasteiger partial charge in [0.1, 0.15) is 0 Å². The average Bonchev–Trinajstić information content (AvgIpc) is 2.92. The van der Waals surface area contributed by atoms with Gasteiger partial charge >= 0.3 is 5.69 Å². The Balaban J connectivity index is 2.38. The van der Waals surface area contributed by atoms with Crippen LogP contribution < -0.4 is 11.2 Å². The summed E-state index contributed by atoms with van der Waals surface area (Å²) in [5, 5.41) is 0. The van der Waals surface area contributed by atoms with Crippen LogP contribution in [0.4, 0.5) is 0 Å². The number of rotatable bonds is 6. The first kappa shape index (κ1) is 16.5. The molecule has 0 aliphatic carbocycles. The summed E-state index contributed by atoms with van der Waals surface area (Å²) in [5.74, 6) is 0.388. The summed E-state index contributed by atoms with van der Waals surface area (Å²) >= 11 is 0. The first-order chi connectivity index (χ1) is 10.4. The Labute approximate surface area is 129 Å². The van der Waals surface area contributed by atoms with Crippen molar-refractivity contribution in [2.24, 2.45) is 20.0 Å². The summed E-state index contributed by atoms with van der Waals surface area (Å²) in [4.78, 5) is 30.9. The normalized spacial score (nSPS) is 13.2. The third-order valence-corrected chi connectivity index (χ3v) is 4.19. The molecule has 0 spiro atoms. The zero-order chi connectivity index (χ0) is 16.4. The Morgan fingerprint density at radius 2 is 1.82 bits per heavy atom. The molecule has 22 heavy (non-hydrogen) atoms. The van der Waals surface area contributed by atoms with E-state index in [0.717, 1.165) is 24.2 Å². The van der Waals surface area contributed by atoms with Crippen LogP contribution in [0.5, 0.6) is 0 Å². The van der Waals surface area contributed by atoms with E-state index >= 15 is 0 Å². The Hall–Kier alpha value is -1.89. The zero-order valence-corrected chi connectivity index (χ0v) is 14.0. The van der Waals surface area contributed by atoms with E-state index in [4.69, 9.17) is 0 Å². The summed E-state index contributed by atoms with van der Waals surface area (Å²) < 4.78 is 4.42. The number of nitrogens with zero attached hydrogens (tertiary/aromatic N) is 5. The van der Waals surface area contributed by atoms with Crippen molar-refractivity contribution < 1.29 is 0 Å². The Morgan fingerprint density at radius 1 is 1.18 bits per heavy atom. The number of aromatic nitrogens is 4. The maximum absolute atomic E-state index is 12.4. The van der Waals surface area contributed by atoms with Crippen molar-refractivity contribution in [1.29, 1.82) is 0 Å². The fourth-order valence-electron chi connectivity index (χ4n) is 2.85. The van der Waals surface area contributed by atoms with E-state index in [-0.39, 0.29) is 11.2 Å². The summed E-state index contributed by atoms with van der Waals surface area (Å²) in [6, 6.07) is 0. The standard InChI is InChI=1S/C15H25N5O2/c1-6-19(7-2)8-11(3)9-20-10-16-13-12(20)14(21)18(5)15(22)17(13)4/h10-11H,6-9H2,1-5H3. The smallest absolute Gasteiger partial charge is 0.324 e. The SMILES string of the molecule is CCN(CC)CC(C)Cn1cnc2c1c(=O)n(C)c(=O)n2C. The number of aryl methyl sites for hydroxylation is 1. The van der Waals surface area contributed by atoms with Crippen molar-refractivity contribution in [3.05, 3.63) is 27.2 Å². The average molecular weight is 307 g/mol. The predicted octanol–water partition coefficient (Wildman–Crippen LogP) is 0.412. The largest absolute Gasteiger partial charge is 0.332 e. The maximum Gasteiger partial charge on any atom is 0.332 e. The van der Waals surface area contributed by atoms with Gasteiger partial charge in [-0.25, -0.2) is 9.78 Å². The third-order valence-electron chi connectivity index (χ3n) is 4.19. The van der Waals surface area contributed by atoms with E-state index in [1.165, 1.54) is 11.6 Å². The van der Waals surface area contributed by atoms with Crippen LogP contribution in [0.15, 0.2) is 15.9 Å². The van der Waals surface area contributed by atoms with Crippen LogP contribution in [-0.4, -0.2) is 43.2 Å². The molecule has 0 aliphatic rings. The second kappa shape index (κ2) is 6.48. The van der Waals surface area contributed by atoms with Crippen LogP contribution in [0, 0.1) is 5.92 Å². The molecule has 2 aromatic rings. The lowest BCUT2D eigenvalue weighted by molar-refractivity contribution is 0.248.